The van der Waals surface area contributed by atoms with E-state index in [0.29, 0.717) is 24.3 Å². The molecule has 48 heavy (non-hydrogen) atoms. The van der Waals surface area contributed by atoms with Crippen molar-refractivity contribution in [3.05, 3.63) is 113 Å². The minimum absolute atomic E-state index is 0.0367. The third kappa shape index (κ3) is 7.02. The Labute approximate surface area is 286 Å². The van der Waals surface area contributed by atoms with Gasteiger partial charge in [-0.3, -0.25) is 14.4 Å². The van der Waals surface area contributed by atoms with Gasteiger partial charge in [0, 0.05) is 17.4 Å². The molecule has 0 bridgehead atoms. The van der Waals surface area contributed by atoms with Crippen molar-refractivity contribution in [1.82, 2.24) is 5.32 Å². The Morgan fingerprint density at radius 1 is 0.917 bits per heavy atom. The lowest BCUT2D eigenvalue weighted by molar-refractivity contribution is -0.136. The molecule has 1 fully saturated rings. The Balaban J connectivity index is 1.38. The summed E-state index contributed by atoms with van der Waals surface area (Å²) in [6.45, 7) is 2.21. The monoisotopic (exact) mass is 665 g/mol. The quantitative estimate of drug-likeness (QED) is 0.168. The highest BCUT2D eigenvalue weighted by Crippen LogP contribution is 2.42. The van der Waals surface area contributed by atoms with Gasteiger partial charge in [-0.1, -0.05) is 117 Å². The second kappa shape index (κ2) is 14.7. The van der Waals surface area contributed by atoms with Crippen LogP contribution in [0.4, 0.5) is 10.1 Å². The first kappa shape index (κ1) is 33.4. The van der Waals surface area contributed by atoms with E-state index in [1.165, 1.54) is 6.07 Å². The summed E-state index contributed by atoms with van der Waals surface area (Å²) in [4.78, 5) is 43.6. The van der Waals surface area contributed by atoms with Crippen molar-refractivity contribution >= 4 is 35.0 Å². The number of anilines is 1. The van der Waals surface area contributed by atoms with Crippen LogP contribution in [0.15, 0.2) is 91.0 Å². The first-order valence-corrected chi connectivity index (χ1v) is 17.3. The van der Waals surface area contributed by atoms with Crippen molar-refractivity contribution in [2.45, 2.75) is 64.5 Å². The minimum atomic E-state index is -0.985. The first-order valence-electron chi connectivity index (χ1n) is 16.9. The van der Waals surface area contributed by atoms with Crippen molar-refractivity contribution in [3.8, 4) is 22.3 Å². The number of amides is 3. The number of carbonyl (C=O) groups excluding carboxylic acids is 3. The van der Waals surface area contributed by atoms with E-state index >= 15 is 0 Å². The zero-order valence-corrected chi connectivity index (χ0v) is 27.9. The van der Waals surface area contributed by atoms with Gasteiger partial charge in [-0.2, -0.15) is 0 Å². The lowest BCUT2D eigenvalue weighted by Gasteiger charge is -2.30. The normalized spacial score (nSPS) is 17.3. The molecule has 1 unspecified atom stereocenters. The van der Waals surface area contributed by atoms with E-state index in [4.69, 9.17) is 17.3 Å². The third-order valence-corrected chi connectivity index (χ3v) is 10.2. The van der Waals surface area contributed by atoms with E-state index in [1.807, 2.05) is 79.7 Å². The topological polar surface area (TPSA) is 92.5 Å². The van der Waals surface area contributed by atoms with Gasteiger partial charge in [0.1, 0.15) is 11.9 Å². The highest BCUT2D eigenvalue weighted by Gasteiger charge is 2.39. The molecule has 3 atom stereocenters. The Kier molecular flexibility index (Phi) is 10.3. The van der Waals surface area contributed by atoms with E-state index in [2.05, 4.69) is 5.32 Å². The zero-order valence-electron chi connectivity index (χ0n) is 27.1. The summed E-state index contributed by atoms with van der Waals surface area (Å²) < 4.78 is 13.9. The molecule has 0 radical (unpaired) electrons. The summed E-state index contributed by atoms with van der Waals surface area (Å²) in [5.74, 6) is -2.43. The molecular formula is C40H41ClFN3O3. The Morgan fingerprint density at radius 3 is 2.35 bits per heavy atom. The fourth-order valence-electron chi connectivity index (χ4n) is 7.51. The van der Waals surface area contributed by atoms with Gasteiger partial charge in [-0.15, -0.1) is 0 Å². The fourth-order valence-corrected chi connectivity index (χ4v) is 7.69. The molecule has 3 N–H and O–H groups in total. The molecule has 0 aromatic heterocycles. The number of nitrogens with two attached hydrogens (primary N) is 1. The summed E-state index contributed by atoms with van der Waals surface area (Å²) in [5.41, 5.74) is 11.5. The molecule has 8 heteroatoms. The zero-order chi connectivity index (χ0) is 33.8. The van der Waals surface area contributed by atoms with Gasteiger partial charge in [0.25, 0.3) is 5.91 Å². The Morgan fingerprint density at radius 2 is 1.62 bits per heavy atom. The van der Waals surface area contributed by atoms with Gasteiger partial charge >= 0.3 is 0 Å². The predicted molar refractivity (Wildman–Crippen MR) is 188 cm³/mol. The molecule has 248 valence electrons. The number of hydrogen-bond donors (Lipinski definition) is 2. The number of benzene rings is 4. The van der Waals surface area contributed by atoms with Crippen molar-refractivity contribution in [2.75, 3.05) is 4.90 Å². The molecule has 0 saturated heterocycles. The van der Waals surface area contributed by atoms with Gasteiger partial charge in [-0.05, 0) is 70.8 Å². The molecule has 1 aliphatic heterocycles. The maximum Gasteiger partial charge on any atom is 0.254 e. The second-order valence-corrected chi connectivity index (χ2v) is 13.5. The van der Waals surface area contributed by atoms with Gasteiger partial charge in [-0.25, -0.2) is 4.39 Å². The molecule has 1 saturated carbocycles. The van der Waals surface area contributed by atoms with E-state index in [9.17, 15) is 18.8 Å². The number of para-hydroxylation sites is 1. The summed E-state index contributed by atoms with van der Waals surface area (Å²) in [6, 6.07) is 26.8. The summed E-state index contributed by atoms with van der Waals surface area (Å²) in [6.07, 6.45) is 6.10. The van der Waals surface area contributed by atoms with Crippen LogP contribution < -0.4 is 16.0 Å². The van der Waals surface area contributed by atoms with Crippen LogP contribution in [0.25, 0.3) is 22.3 Å². The van der Waals surface area contributed by atoms with Crippen LogP contribution >= 0.6 is 11.6 Å². The molecule has 1 aliphatic carbocycles. The lowest BCUT2D eigenvalue weighted by Crippen LogP contribution is -2.47. The van der Waals surface area contributed by atoms with Gasteiger partial charge in [0.05, 0.1) is 17.3 Å². The molecule has 6 rings (SSSR count). The molecule has 2 aliphatic rings. The average molecular weight is 666 g/mol. The van der Waals surface area contributed by atoms with Crippen LogP contribution in [0.5, 0.6) is 0 Å². The average Bonchev–Trinajstić information content (AvgIpc) is 3.59. The molecular weight excluding hydrogens is 625 g/mol. The maximum absolute atomic E-state index is 14.8. The molecule has 4 aromatic rings. The standard InChI is InChI=1S/C40H41ClFN3O3/c1-2-10-32(38(43)46)33(22-25-11-3-4-12-25)39(47)44-37-31-17-6-5-15-29(31)30-16-7-8-18-36(30)45(40(37)48)24-26-13-9-14-27(21-26)28-19-20-35(42)34(41)23-28/h5-9,13-21,23,25,32-33,37H,2-4,10-12,22,24H2,1H3,(H2,43,46)(H,44,47)/t32-,33+,37?/m0/s1. The highest BCUT2D eigenvalue weighted by atomic mass is 35.5. The number of nitrogens with one attached hydrogen (secondary N) is 1. The van der Waals surface area contributed by atoms with E-state index in [1.54, 1.807) is 17.0 Å². The fraction of sp³-hybridized carbons (Fsp3) is 0.325. The molecule has 0 spiro atoms. The van der Waals surface area contributed by atoms with Crippen molar-refractivity contribution in [2.24, 2.45) is 23.5 Å². The van der Waals surface area contributed by atoms with Crippen molar-refractivity contribution in [3.63, 3.8) is 0 Å². The summed E-state index contributed by atoms with van der Waals surface area (Å²) in [5, 5.41) is 3.18. The van der Waals surface area contributed by atoms with E-state index in [0.717, 1.165) is 65.6 Å². The number of fused-ring (bicyclic) bond motifs is 3. The lowest BCUT2D eigenvalue weighted by atomic mass is 9.80. The van der Waals surface area contributed by atoms with Crippen LogP contribution in [-0.2, 0) is 20.9 Å². The third-order valence-electron chi connectivity index (χ3n) is 9.93. The Bertz CT molecular complexity index is 1820. The number of hydrogen-bond acceptors (Lipinski definition) is 3. The maximum atomic E-state index is 14.8. The molecule has 3 amide bonds. The summed E-state index contributed by atoms with van der Waals surface area (Å²) >= 11 is 6.09. The van der Waals surface area contributed by atoms with Crippen LogP contribution in [0.2, 0.25) is 5.02 Å². The number of carbonyl (C=O) groups is 3. The largest absolute Gasteiger partial charge is 0.369 e. The Hall–Kier alpha value is -4.49. The SMILES string of the molecule is CCC[C@H](C(N)=O)[C@@H](CC1CCCC1)C(=O)NC1C(=O)N(Cc2cccc(-c3ccc(F)c(Cl)c3)c2)c2ccccc2-c2ccccc21. The van der Waals surface area contributed by atoms with Gasteiger partial charge < -0.3 is 16.0 Å². The van der Waals surface area contributed by atoms with E-state index < -0.39 is 29.6 Å². The van der Waals surface area contributed by atoms with Crippen LogP contribution in [0.1, 0.15) is 69.0 Å². The second-order valence-electron chi connectivity index (χ2n) is 13.1. The highest BCUT2D eigenvalue weighted by molar-refractivity contribution is 6.31. The first-order chi connectivity index (χ1) is 23.2. The van der Waals surface area contributed by atoms with Crippen LogP contribution in [-0.4, -0.2) is 17.7 Å². The smallest absolute Gasteiger partial charge is 0.254 e. The number of rotatable bonds is 11. The van der Waals surface area contributed by atoms with Crippen molar-refractivity contribution < 1.29 is 18.8 Å². The van der Waals surface area contributed by atoms with Crippen LogP contribution in [0, 0.1) is 23.6 Å². The molecule has 6 nitrogen and oxygen atoms in total. The number of primary amides is 1. The van der Waals surface area contributed by atoms with Gasteiger partial charge in [0.15, 0.2) is 0 Å². The number of halogens is 2. The van der Waals surface area contributed by atoms with Crippen LogP contribution in [0.3, 0.4) is 0 Å². The molecule has 1 heterocycles. The van der Waals surface area contributed by atoms with E-state index in [-0.39, 0.29) is 23.4 Å². The summed E-state index contributed by atoms with van der Waals surface area (Å²) in [7, 11) is 0. The molecule has 4 aromatic carbocycles. The minimum Gasteiger partial charge on any atom is -0.369 e. The van der Waals surface area contributed by atoms with Gasteiger partial charge in [0.2, 0.25) is 11.8 Å². The predicted octanol–water partition coefficient (Wildman–Crippen LogP) is 8.62. The number of nitrogens with zero attached hydrogens (tertiary/aromatic N) is 1. The van der Waals surface area contributed by atoms with Crippen molar-refractivity contribution in [1.29, 1.82) is 0 Å².